The predicted molar refractivity (Wildman–Crippen MR) is 64.7 cm³/mol. The highest BCUT2D eigenvalue weighted by atomic mass is 32.2. The van der Waals surface area contributed by atoms with Gasteiger partial charge in [0, 0.05) is 6.21 Å². The summed E-state index contributed by atoms with van der Waals surface area (Å²) in [6.07, 6.45) is 1.56. The molecule has 88 valence electrons. The van der Waals surface area contributed by atoms with E-state index in [-0.39, 0.29) is 10.3 Å². The molecule has 0 atom stereocenters. The lowest BCUT2D eigenvalue weighted by Gasteiger charge is -2.10. The number of hydrazone groups is 1. The molecule has 1 aromatic rings. The largest absolute Gasteiger partial charge is 0.276 e. The summed E-state index contributed by atoms with van der Waals surface area (Å²) in [5.41, 5.74) is -0.154. The van der Waals surface area contributed by atoms with E-state index in [1.165, 1.54) is 12.1 Å². The molecule has 0 fully saturated rings. The number of nitrogens with zero attached hydrogens (tertiary/aromatic N) is 1. The molecular weight excluding hydrogens is 224 g/mol. The van der Waals surface area contributed by atoms with Gasteiger partial charge in [0.1, 0.15) is 0 Å². The normalized spacial score (nSPS) is 12.9. The molecule has 0 radical (unpaired) electrons. The number of benzene rings is 1. The van der Waals surface area contributed by atoms with Crippen LogP contribution in [0.2, 0.25) is 0 Å². The van der Waals surface area contributed by atoms with Crippen LogP contribution in [0, 0.1) is 5.41 Å². The molecule has 0 saturated carbocycles. The van der Waals surface area contributed by atoms with Gasteiger partial charge in [0.15, 0.2) is 0 Å². The first-order valence-corrected chi connectivity index (χ1v) is 6.41. The van der Waals surface area contributed by atoms with Crippen LogP contribution in [0.5, 0.6) is 0 Å². The molecule has 0 heterocycles. The van der Waals surface area contributed by atoms with Crippen molar-refractivity contribution in [3.8, 4) is 0 Å². The van der Waals surface area contributed by atoms with Crippen molar-refractivity contribution in [1.82, 2.24) is 4.83 Å². The molecule has 0 aromatic heterocycles. The molecule has 0 aliphatic heterocycles. The molecular formula is C11H16N2O2S. The first kappa shape index (κ1) is 12.7. The minimum atomic E-state index is -3.53. The van der Waals surface area contributed by atoms with Crippen molar-refractivity contribution in [1.29, 1.82) is 0 Å². The second-order valence-corrected chi connectivity index (χ2v) is 6.19. The van der Waals surface area contributed by atoms with Gasteiger partial charge in [-0.2, -0.15) is 13.5 Å². The second kappa shape index (κ2) is 4.65. The van der Waals surface area contributed by atoms with Gasteiger partial charge in [0.05, 0.1) is 4.90 Å². The average molecular weight is 240 g/mol. The maximum atomic E-state index is 11.7. The van der Waals surface area contributed by atoms with E-state index in [1.807, 2.05) is 20.8 Å². The van der Waals surface area contributed by atoms with Crippen LogP contribution in [0.3, 0.4) is 0 Å². The third kappa shape index (κ3) is 4.02. The van der Waals surface area contributed by atoms with Gasteiger partial charge in [-0.25, -0.2) is 4.83 Å². The van der Waals surface area contributed by atoms with E-state index in [1.54, 1.807) is 24.4 Å². The Morgan fingerprint density at radius 2 is 1.75 bits per heavy atom. The molecule has 0 aliphatic carbocycles. The first-order valence-electron chi connectivity index (χ1n) is 4.92. The summed E-state index contributed by atoms with van der Waals surface area (Å²) in [5.74, 6) is 0. The summed E-state index contributed by atoms with van der Waals surface area (Å²) in [4.78, 5) is 2.38. The zero-order valence-electron chi connectivity index (χ0n) is 9.64. The minimum Gasteiger partial charge on any atom is -0.200 e. The predicted octanol–water partition coefficient (Wildman–Crippen LogP) is 2.00. The number of sulfonamides is 1. The van der Waals surface area contributed by atoms with E-state index < -0.39 is 10.0 Å². The highest BCUT2D eigenvalue weighted by Crippen LogP contribution is 2.09. The maximum absolute atomic E-state index is 11.7. The number of hydrogen-bond donors (Lipinski definition) is 1. The van der Waals surface area contributed by atoms with Crippen molar-refractivity contribution in [3.63, 3.8) is 0 Å². The van der Waals surface area contributed by atoms with Crippen molar-refractivity contribution in [3.05, 3.63) is 30.3 Å². The van der Waals surface area contributed by atoms with Crippen LogP contribution in [-0.4, -0.2) is 14.6 Å². The Balaban J connectivity index is 2.79. The Kier molecular flexibility index (Phi) is 3.70. The molecule has 1 rings (SSSR count). The van der Waals surface area contributed by atoms with Gasteiger partial charge in [0.25, 0.3) is 10.0 Å². The van der Waals surface area contributed by atoms with E-state index in [4.69, 9.17) is 0 Å². The van der Waals surface area contributed by atoms with Gasteiger partial charge in [-0.05, 0) is 17.5 Å². The highest BCUT2D eigenvalue weighted by molar-refractivity contribution is 7.89. The Morgan fingerprint density at radius 3 is 2.25 bits per heavy atom. The van der Waals surface area contributed by atoms with Crippen LogP contribution in [-0.2, 0) is 10.0 Å². The highest BCUT2D eigenvalue weighted by Gasteiger charge is 2.12. The SMILES string of the molecule is CC(C)(C)/C=N\NS(=O)(=O)c1ccccc1. The molecule has 5 heteroatoms. The van der Waals surface area contributed by atoms with Crippen molar-refractivity contribution < 1.29 is 8.42 Å². The maximum Gasteiger partial charge on any atom is 0.276 e. The Hall–Kier alpha value is -1.36. The Labute approximate surface area is 96.4 Å². The van der Waals surface area contributed by atoms with Gasteiger partial charge in [0.2, 0.25) is 0 Å². The van der Waals surface area contributed by atoms with E-state index >= 15 is 0 Å². The molecule has 1 aromatic carbocycles. The van der Waals surface area contributed by atoms with Crippen molar-refractivity contribution in [2.24, 2.45) is 10.5 Å². The van der Waals surface area contributed by atoms with Crippen LogP contribution in [0.15, 0.2) is 40.3 Å². The summed E-state index contributed by atoms with van der Waals surface area (Å²) in [7, 11) is -3.53. The van der Waals surface area contributed by atoms with Crippen LogP contribution in [0.4, 0.5) is 0 Å². The zero-order valence-corrected chi connectivity index (χ0v) is 10.5. The first-order chi connectivity index (χ1) is 7.31. The summed E-state index contributed by atoms with van der Waals surface area (Å²) < 4.78 is 23.4. The lowest BCUT2D eigenvalue weighted by Crippen LogP contribution is -2.20. The molecule has 0 unspecified atom stereocenters. The van der Waals surface area contributed by atoms with Crippen LogP contribution < -0.4 is 4.83 Å². The third-order valence-corrected chi connectivity index (χ3v) is 2.92. The van der Waals surface area contributed by atoms with Crippen molar-refractivity contribution in [2.45, 2.75) is 25.7 Å². The topological polar surface area (TPSA) is 58.5 Å². The minimum absolute atomic E-state index is 0.154. The molecule has 0 aliphatic rings. The van der Waals surface area contributed by atoms with E-state index in [2.05, 4.69) is 9.93 Å². The third-order valence-electron chi connectivity index (χ3n) is 1.68. The zero-order chi connectivity index (χ0) is 12.2. The quantitative estimate of drug-likeness (QED) is 0.649. The average Bonchev–Trinajstić information content (AvgIpc) is 2.17. The summed E-state index contributed by atoms with van der Waals surface area (Å²) in [6.45, 7) is 5.81. The van der Waals surface area contributed by atoms with Gasteiger partial charge >= 0.3 is 0 Å². The summed E-state index contributed by atoms with van der Waals surface area (Å²) in [5, 5.41) is 3.73. The number of nitrogens with one attached hydrogen (secondary N) is 1. The lowest BCUT2D eigenvalue weighted by atomic mass is 9.99. The Bertz CT molecular complexity index is 459. The summed E-state index contributed by atoms with van der Waals surface area (Å²) in [6, 6.07) is 8.14. The molecule has 0 spiro atoms. The van der Waals surface area contributed by atoms with Gasteiger partial charge in [-0.15, -0.1) is 0 Å². The fourth-order valence-corrected chi connectivity index (χ4v) is 1.75. The van der Waals surface area contributed by atoms with Gasteiger partial charge in [-0.1, -0.05) is 39.0 Å². The molecule has 16 heavy (non-hydrogen) atoms. The van der Waals surface area contributed by atoms with E-state index in [0.29, 0.717) is 0 Å². The fraction of sp³-hybridized carbons (Fsp3) is 0.364. The molecule has 0 amide bonds. The molecule has 0 bridgehead atoms. The van der Waals surface area contributed by atoms with E-state index in [0.717, 1.165) is 0 Å². The van der Waals surface area contributed by atoms with Gasteiger partial charge in [-0.3, -0.25) is 0 Å². The van der Waals surface area contributed by atoms with Crippen LogP contribution >= 0.6 is 0 Å². The molecule has 4 nitrogen and oxygen atoms in total. The van der Waals surface area contributed by atoms with Crippen LogP contribution in [0.25, 0.3) is 0 Å². The fourth-order valence-electron chi connectivity index (χ4n) is 0.942. The van der Waals surface area contributed by atoms with Gasteiger partial charge < -0.3 is 0 Å². The van der Waals surface area contributed by atoms with Crippen molar-refractivity contribution >= 4 is 16.2 Å². The van der Waals surface area contributed by atoms with E-state index in [9.17, 15) is 8.42 Å². The number of rotatable bonds is 3. The van der Waals surface area contributed by atoms with Crippen LogP contribution in [0.1, 0.15) is 20.8 Å². The van der Waals surface area contributed by atoms with Crippen molar-refractivity contribution in [2.75, 3.05) is 0 Å². The molecule has 0 saturated heterocycles. The Morgan fingerprint density at radius 1 is 1.19 bits per heavy atom. The second-order valence-electron chi connectivity index (χ2n) is 4.53. The standard InChI is InChI=1S/C11H16N2O2S/c1-11(2,3)9-12-13-16(14,15)10-7-5-4-6-8-10/h4-9,13H,1-3H3/b12-9-. The smallest absolute Gasteiger partial charge is 0.200 e. The monoisotopic (exact) mass is 240 g/mol. The number of hydrogen-bond acceptors (Lipinski definition) is 3. The summed E-state index contributed by atoms with van der Waals surface area (Å²) >= 11 is 0. The molecule has 1 N–H and O–H groups in total. The lowest BCUT2D eigenvalue weighted by molar-refractivity contribution is 0.579.